The van der Waals surface area contributed by atoms with Gasteiger partial charge in [0.2, 0.25) is 0 Å². The van der Waals surface area contributed by atoms with E-state index in [0.717, 1.165) is 5.57 Å². The number of rotatable bonds is 1. The third kappa shape index (κ3) is 1.70. The van der Waals surface area contributed by atoms with Crippen LogP contribution in [0.4, 0.5) is 0 Å². The lowest BCUT2D eigenvalue weighted by molar-refractivity contribution is 0.667. The molecule has 0 aromatic carbocycles. The predicted molar refractivity (Wildman–Crippen MR) is 54.6 cm³/mol. The fourth-order valence-corrected chi connectivity index (χ4v) is 2.10. The van der Waals surface area contributed by atoms with Crippen LogP contribution in [0.2, 0.25) is 0 Å². The molecule has 0 radical (unpaired) electrons. The van der Waals surface area contributed by atoms with Gasteiger partial charge in [0.15, 0.2) is 0 Å². The van der Waals surface area contributed by atoms with E-state index in [1.54, 1.807) is 10.8 Å². The minimum absolute atomic E-state index is 0.301. The van der Waals surface area contributed by atoms with Crippen LogP contribution < -0.4 is 11.5 Å². The summed E-state index contributed by atoms with van der Waals surface area (Å²) in [5.41, 5.74) is 13.6. The monoisotopic (exact) mass is 186 g/mol. The second-order valence-corrected chi connectivity index (χ2v) is 4.23. The van der Waals surface area contributed by atoms with Gasteiger partial charge in [0, 0.05) is 27.7 Å². The minimum atomic E-state index is -0.883. The summed E-state index contributed by atoms with van der Waals surface area (Å²) in [5, 5.41) is 3.26. The molecular weight excluding hydrogens is 172 g/mol. The van der Waals surface area contributed by atoms with Crippen LogP contribution in [0.1, 0.15) is 13.8 Å². The van der Waals surface area contributed by atoms with E-state index in [9.17, 15) is 4.55 Å². The highest BCUT2D eigenvalue weighted by Gasteiger charge is 2.13. The maximum atomic E-state index is 9.25. The molecular formula is C8H14N2OS. The molecule has 0 fully saturated rings. The first-order valence-corrected chi connectivity index (χ1v) is 5.06. The highest BCUT2D eigenvalue weighted by Crippen LogP contribution is 2.26. The van der Waals surface area contributed by atoms with Gasteiger partial charge >= 0.3 is 0 Å². The predicted octanol–water partition coefficient (Wildman–Crippen LogP) is 1.21. The van der Waals surface area contributed by atoms with Crippen molar-refractivity contribution in [3.05, 3.63) is 22.4 Å². The normalized spacial score (nSPS) is 24.0. The fourth-order valence-electron chi connectivity index (χ4n) is 1.25. The summed E-state index contributed by atoms with van der Waals surface area (Å²) in [4.78, 5) is 0. The Morgan fingerprint density at radius 1 is 1.42 bits per heavy atom. The number of hydrogen-bond donors (Lipinski definition) is 3. The van der Waals surface area contributed by atoms with Crippen LogP contribution in [-0.4, -0.2) is 9.92 Å². The lowest BCUT2D eigenvalue weighted by Gasteiger charge is -2.17. The van der Waals surface area contributed by atoms with Crippen LogP contribution in [0.3, 0.4) is 0 Å². The van der Waals surface area contributed by atoms with Crippen molar-refractivity contribution in [1.29, 1.82) is 0 Å². The SMILES string of the molecule is CC(C)C1=C(N)C=S(O)C=C1N. The van der Waals surface area contributed by atoms with Crippen LogP contribution in [0, 0.1) is 5.92 Å². The van der Waals surface area contributed by atoms with Gasteiger partial charge in [-0.3, -0.25) is 0 Å². The van der Waals surface area contributed by atoms with Crippen LogP contribution in [0.25, 0.3) is 0 Å². The Kier molecular flexibility index (Phi) is 2.59. The van der Waals surface area contributed by atoms with Crippen molar-refractivity contribution in [1.82, 2.24) is 0 Å². The van der Waals surface area contributed by atoms with Gasteiger partial charge in [0.1, 0.15) is 0 Å². The zero-order valence-electron chi connectivity index (χ0n) is 7.24. The Balaban J connectivity index is 3.15. The molecule has 0 aromatic rings. The molecule has 1 aliphatic rings. The summed E-state index contributed by atoms with van der Waals surface area (Å²) in [5.74, 6) is 0.301. The molecule has 1 heterocycles. The van der Waals surface area contributed by atoms with E-state index in [1.165, 1.54) is 0 Å². The highest BCUT2D eigenvalue weighted by molar-refractivity contribution is 8.13. The molecule has 4 heteroatoms. The Labute approximate surface area is 74.9 Å². The van der Waals surface area contributed by atoms with Gasteiger partial charge in [0.05, 0.1) is 0 Å². The smallest absolute Gasteiger partial charge is 0.0451 e. The summed E-state index contributed by atoms with van der Waals surface area (Å²) < 4.78 is 9.25. The Morgan fingerprint density at radius 3 is 2.42 bits per heavy atom. The average Bonchev–Trinajstić information content (AvgIpc) is 1.82. The second kappa shape index (κ2) is 3.33. The van der Waals surface area contributed by atoms with E-state index in [2.05, 4.69) is 0 Å². The lowest BCUT2D eigenvalue weighted by atomic mass is 9.99. The molecule has 0 saturated carbocycles. The Bertz CT molecular complexity index is 287. The quantitative estimate of drug-likeness (QED) is 0.539. The molecule has 5 N–H and O–H groups in total. The zero-order chi connectivity index (χ0) is 9.30. The minimum Gasteiger partial charge on any atom is -0.398 e. The van der Waals surface area contributed by atoms with Gasteiger partial charge in [-0.25, -0.2) is 0 Å². The molecule has 0 amide bonds. The van der Waals surface area contributed by atoms with E-state index in [0.29, 0.717) is 17.3 Å². The van der Waals surface area contributed by atoms with Crippen molar-refractivity contribution in [2.75, 3.05) is 0 Å². The van der Waals surface area contributed by atoms with E-state index >= 15 is 0 Å². The van der Waals surface area contributed by atoms with E-state index in [1.807, 2.05) is 13.8 Å². The molecule has 1 aliphatic heterocycles. The second-order valence-electron chi connectivity index (χ2n) is 3.06. The van der Waals surface area contributed by atoms with Gasteiger partial charge in [-0.15, -0.1) is 0 Å². The summed E-state index contributed by atoms with van der Waals surface area (Å²) in [6.45, 7) is 4.05. The first kappa shape index (κ1) is 9.35. The summed E-state index contributed by atoms with van der Waals surface area (Å²) in [6.07, 6.45) is 0. The number of hydrogen-bond acceptors (Lipinski definition) is 3. The first-order chi connectivity index (χ1) is 5.52. The summed E-state index contributed by atoms with van der Waals surface area (Å²) in [7, 11) is -0.883. The standard InChI is InChI=1S/C8H14N2OS/c1-5(2)8-6(9)3-12(11)4-7(8)10/h3-5,11H,9-10H2,1-2H3. The van der Waals surface area contributed by atoms with Crippen molar-refractivity contribution in [3.8, 4) is 0 Å². The molecule has 1 rings (SSSR count). The van der Waals surface area contributed by atoms with Crippen molar-refractivity contribution in [3.63, 3.8) is 0 Å². The Hall–Kier alpha value is -0.740. The molecule has 1 unspecified atom stereocenters. The molecule has 3 nitrogen and oxygen atoms in total. The molecule has 0 aromatic heterocycles. The van der Waals surface area contributed by atoms with Gasteiger partial charge in [-0.05, 0) is 16.7 Å². The van der Waals surface area contributed by atoms with Gasteiger partial charge in [0.25, 0.3) is 0 Å². The fraction of sp³-hybridized carbons (Fsp3) is 0.375. The van der Waals surface area contributed by atoms with E-state index in [4.69, 9.17) is 11.5 Å². The van der Waals surface area contributed by atoms with Crippen molar-refractivity contribution >= 4 is 16.1 Å². The van der Waals surface area contributed by atoms with E-state index in [-0.39, 0.29) is 0 Å². The lowest BCUT2D eigenvalue weighted by Crippen LogP contribution is -2.17. The summed E-state index contributed by atoms with van der Waals surface area (Å²) in [6, 6.07) is 0. The third-order valence-corrected chi connectivity index (χ3v) is 2.69. The van der Waals surface area contributed by atoms with Crippen LogP contribution in [0.15, 0.2) is 22.4 Å². The van der Waals surface area contributed by atoms with Crippen molar-refractivity contribution in [2.24, 2.45) is 17.4 Å². The highest BCUT2D eigenvalue weighted by atomic mass is 32.2. The van der Waals surface area contributed by atoms with Gasteiger partial charge in [-0.2, -0.15) is 0 Å². The largest absolute Gasteiger partial charge is 0.398 e. The van der Waals surface area contributed by atoms with Gasteiger partial charge in [-0.1, -0.05) is 13.8 Å². The molecule has 68 valence electrons. The first-order valence-electron chi connectivity index (χ1n) is 3.75. The Morgan fingerprint density at radius 2 is 2.00 bits per heavy atom. The number of nitrogens with two attached hydrogens (primary N) is 2. The maximum absolute atomic E-state index is 9.25. The average molecular weight is 186 g/mol. The van der Waals surface area contributed by atoms with Gasteiger partial charge < -0.3 is 16.0 Å². The molecule has 12 heavy (non-hydrogen) atoms. The van der Waals surface area contributed by atoms with E-state index < -0.39 is 10.8 Å². The molecule has 0 spiro atoms. The molecule has 0 saturated heterocycles. The summed E-state index contributed by atoms with van der Waals surface area (Å²) >= 11 is 0. The molecule has 1 atom stereocenters. The van der Waals surface area contributed by atoms with Crippen LogP contribution >= 0.6 is 10.8 Å². The van der Waals surface area contributed by atoms with Crippen LogP contribution in [0.5, 0.6) is 0 Å². The van der Waals surface area contributed by atoms with Crippen LogP contribution in [-0.2, 0) is 0 Å². The maximum Gasteiger partial charge on any atom is 0.0451 e. The van der Waals surface area contributed by atoms with Crippen molar-refractivity contribution in [2.45, 2.75) is 13.8 Å². The zero-order valence-corrected chi connectivity index (χ0v) is 8.06. The van der Waals surface area contributed by atoms with Crippen molar-refractivity contribution < 1.29 is 4.55 Å². The number of allylic oxidation sites excluding steroid dienone is 2. The third-order valence-electron chi connectivity index (χ3n) is 1.69. The molecule has 0 bridgehead atoms. The molecule has 0 aliphatic carbocycles. The topological polar surface area (TPSA) is 72.3 Å².